The summed E-state index contributed by atoms with van der Waals surface area (Å²) in [5.74, 6) is 0. The highest BCUT2D eigenvalue weighted by atomic mass is 79.9. The van der Waals surface area contributed by atoms with Crippen molar-refractivity contribution in [2.24, 2.45) is 5.73 Å². The molecular formula is C14H15BrCl2N4. The van der Waals surface area contributed by atoms with E-state index in [9.17, 15) is 0 Å². The molecule has 21 heavy (non-hydrogen) atoms. The molecule has 0 saturated carbocycles. The number of fused-ring (bicyclic) bond motifs is 1. The van der Waals surface area contributed by atoms with Crippen LogP contribution >= 0.6 is 40.7 Å². The number of pyridine rings is 1. The molecule has 1 aromatic carbocycles. The van der Waals surface area contributed by atoms with Gasteiger partial charge in [-0.15, -0.1) is 24.8 Å². The lowest BCUT2D eigenvalue weighted by atomic mass is 10.1. The van der Waals surface area contributed by atoms with Crippen LogP contribution in [0.5, 0.6) is 0 Å². The summed E-state index contributed by atoms with van der Waals surface area (Å²) >= 11 is 3.57. The van der Waals surface area contributed by atoms with E-state index >= 15 is 0 Å². The van der Waals surface area contributed by atoms with Gasteiger partial charge in [0.25, 0.3) is 0 Å². The second kappa shape index (κ2) is 7.75. The summed E-state index contributed by atoms with van der Waals surface area (Å²) in [5, 5.41) is 5.72. The van der Waals surface area contributed by atoms with Crippen molar-refractivity contribution in [1.29, 1.82) is 0 Å². The monoisotopic (exact) mass is 388 g/mol. The molecule has 0 atom stereocenters. The van der Waals surface area contributed by atoms with Crippen LogP contribution in [-0.2, 0) is 6.54 Å². The Labute approximate surface area is 143 Å². The Balaban J connectivity index is 0.00000110. The average Bonchev–Trinajstić information content (AvgIpc) is 2.79. The quantitative estimate of drug-likeness (QED) is 0.743. The normalized spacial score (nSPS) is 10.0. The number of hydrogen-bond acceptors (Lipinski definition) is 3. The SMILES string of the molecule is Cl.Cl.NCCn1nc(-c2ccccc2Br)c2cnccc21. The van der Waals surface area contributed by atoms with Crippen molar-refractivity contribution >= 4 is 51.6 Å². The van der Waals surface area contributed by atoms with Gasteiger partial charge in [-0.3, -0.25) is 9.67 Å². The highest BCUT2D eigenvalue weighted by Gasteiger charge is 2.13. The van der Waals surface area contributed by atoms with Crippen molar-refractivity contribution in [3.05, 3.63) is 47.2 Å². The number of hydrogen-bond donors (Lipinski definition) is 1. The predicted octanol–water partition coefficient (Wildman–Crippen LogP) is 3.66. The maximum atomic E-state index is 5.64. The van der Waals surface area contributed by atoms with Crippen molar-refractivity contribution in [2.75, 3.05) is 6.54 Å². The van der Waals surface area contributed by atoms with Gasteiger partial charge in [0.05, 0.1) is 12.1 Å². The number of nitrogens with two attached hydrogens (primary N) is 1. The van der Waals surface area contributed by atoms with Gasteiger partial charge in [-0.1, -0.05) is 34.1 Å². The van der Waals surface area contributed by atoms with E-state index in [-0.39, 0.29) is 24.8 Å². The van der Waals surface area contributed by atoms with Crippen molar-refractivity contribution in [3.8, 4) is 11.3 Å². The molecule has 3 rings (SSSR count). The van der Waals surface area contributed by atoms with Crippen molar-refractivity contribution in [3.63, 3.8) is 0 Å². The van der Waals surface area contributed by atoms with E-state index in [0.717, 1.165) is 26.6 Å². The minimum absolute atomic E-state index is 0. The fourth-order valence-corrected chi connectivity index (χ4v) is 2.64. The maximum absolute atomic E-state index is 5.64. The van der Waals surface area contributed by atoms with Crippen LogP contribution in [0, 0.1) is 0 Å². The molecule has 0 saturated heterocycles. The van der Waals surface area contributed by atoms with E-state index in [2.05, 4.69) is 26.0 Å². The molecule has 2 heterocycles. The molecule has 7 heteroatoms. The lowest BCUT2D eigenvalue weighted by Gasteiger charge is -2.00. The van der Waals surface area contributed by atoms with Gasteiger partial charge in [0.1, 0.15) is 5.69 Å². The second-order valence-corrected chi connectivity index (χ2v) is 5.09. The van der Waals surface area contributed by atoms with Crippen molar-refractivity contribution < 1.29 is 0 Å². The number of halogens is 3. The summed E-state index contributed by atoms with van der Waals surface area (Å²) in [7, 11) is 0. The summed E-state index contributed by atoms with van der Waals surface area (Å²) in [5.41, 5.74) is 8.71. The number of rotatable bonds is 3. The molecule has 2 aromatic heterocycles. The summed E-state index contributed by atoms with van der Waals surface area (Å²) in [6.07, 6.45) is 3.63. The fraction of sp³-hybridized carbons (Fsp3) is 0.143. The first-order valence-corrected chi connectivity index (χ1v) is 6.86. The summed E-state index contributed by atoms with van der Waals surface area (Å²) in [6.45, 7) is 1.26. The zero-order chi connectivity index (χ0) is 13.2. The number of aromatic nitrogens is 3. The van der Waals surface area contributed by atoms with Crippen LogP contribution in [-0.4, -0.2) is 21.3 Å². The van der Waals surface area contributed by atoms with E-state index in [1.54, 1.807) is 6.20 Å². The molecule has 2 N–H and O–H groups in total. The Bertz CT molecular complexity index is 730. The standard InChI is InChI=1S/C14H13BrN4.2ClH/c15-12-4-2-1-3-10(12)14-11-9-17-7-5-13(11)19(18-14)8-6-16;;/h1-5,7,9H,6,8,16H2;2*1H. The Morgan fingerprint density at radius 1 is 1.14 bits per heavy atom. The Morgan fingerprint density at radius 2 is 1.90 bits per heavy atom. The summed E-state index contributed by atoms with van der Waals surface area (Å²) in [6, 6.07) is 10.0. The van der Waals surface area contributed by atoms with Gasteiger partial charge >= 0.3 is 0 Å². The van der Waals surface area contributed by atoms with Gasteiger partial charge in [0.2, 0.25) is 0 Å². The van der Waals surface area contributed by atoms with E-state index in [1.807, 2.05) is 41.2 Å². The largest absolute Gasteiger partial charge is 0.329 e. The molecule has 0 bridgehead atoms. The van der Waals surface area contributed by atoms with Gasteiger partial charge in [0.15, 0.2) is 0 Å². The van der Waals surface area contributed by atoms with Gasteiger partial charge < -0.3 is 5.73 Å². The van der Waals surface area contributed by atoms with Crippen molar-refractivity contribution in [2.45, 2.75) is 6.54 Å². The molecule has 0 aliphatic carbocycles. The van der Waals surface area contributed by atoms with Crippen LogP contribution in [0.1, 0.15) is 0 Å². The first-order valence-electron chi connectivity index (χ1n) is 6.07. The van der Waals surface area contributed by atoms with E-state index < -0.39 is 0 Å². The molecule has 0 amide bonds. The molecule has 0 radical (unpaired) electrons. The highest BCUT2D eigenvalue weighted by molar-refractivity contribution is 9.10. The third-order valence-electron chi connectivity index (χ3n) is 3.02. The smallest absolute Gasteiger partial charge is 0.103 e. The summed E-state index contributed by atoms with van der Waals surface area (Å²) in [4.78, 5) is 4.20. The van der Waals surface area contributed by atoms with Crippen molar-refractivity contribution in [1.82, 2.24) is 14.8 Å². The highest BCUT2D eigenvalue weighted by Crippen LogP contribution is 2.32. The lowest BCUT2D eigenvalue weighted by Crippen LogP contribution is -2.10. The Morgan fingerprint density at radius 3 is 2.62 bits per heavy atom. The Kier molecular flexibility index (Phi) is 6.61. The number of benzene rings is 1. The minimum Gasteiger partial charge on any atom is -0.329 e. The third-order valence-corrected chi connectivity index (χ3v) is 3.71. The first-order chi connectivity index (χ1) is 9.31. The van der Waals surface area contributed by atoms with Gasteiger partial charge in [-0.25, -0.2) is 0 Å². The number of nitrogens with zero attached hydrogens (tertiary/aromatic N) is 3. The third kappa shape index (κ3) is 3.37. The van der Waals surface area contributed by atoms with Gasteiger partial charge in [-0.2, -0.15) is 5.10 Å². The van der Waals surface area contributed by atoms with Gasteiger partial charge in [0, 0.05) is 34.4 Å². The van der Waals surface area contributed by atoms with E-state index in [4.69, 9.17) is 5.73 Å². The molecule has 0 spiro atoms. The molecule has 0 aliphatic rings. The van der Waals surface area contributed by atoms with Crippen LogP contribution in [0.15, 0.2) is 47.2 Å². The molecule has 112 valence electrons. The minimum atomic E-state index is 0. The topological polar surface area (TPSA) is 56.7 Å². The summed E-state index contributed by atoms with van der Waals surface area (Å²) < 4.78 is 2.96. The van der Waals surface area contributed by atoms with E-state index in [1.165, 1.54) is 0 Å². The molecule has 0 unspecified atom stereocenters. The second-order valence-electron chi connectivity index (χ2n) is 4.23. The van der Waals surface area contributed by atoms with E-state index in [0.29, 0.717) is 13.1 Å². The fourth-order valence-electron chi connectivity index (χ4n) is 2.17. The first kappa shape index (κ1) is 17.9. The average molecular weight is 390 g/mol. The van der Waals surface area contributed by atoms with Crippen LogP contribution in [0.2, 0.25) is 0 Å². The molecule has 0 fully saturated rings. The molecule has 4 nitrogen and oxygen atoms in total. The zero-order valence-electron chi connectivity index (χ0n) is 11.1. The van der Waals surface area contributed by atoms with Gasteiger partial charge in [-0.05, 0) is 12.1 Å². The maximum Gasteiger partial charge on any atom is 0.103 e. The molecule has 0 aliphatic heterocycles. The molecular weight excluding hydrogens is 375 g/mol. The van der Waals surface area contributed by atoms with Crippen LogP contribution < -0.4 is 5.73 Å². The lowest BCUT2D eigenvalue weighted by molar-refractivity contribution is 0.648. The predicted molar refractivity (Wildman–Crippen MR) is 94.2 cm³/mol. The van der Waals surface area contributed by atoms with Crippen LogP contribution in [0.25, 0.3) is 22.2 Å². The van der Waals surface area contributed by atoms with Crippen LogP contribution in [0.4, 0.5) is 0 Å². The Hall–Kier alpha value is -1.14. The van der Waals surface area contributed by atoms with Crippen LogP contribution in [0.3, 0.4) is 0 Å². The molecule has 3 aromatic rings. The zero-order valence-corrected chi connectivity index (χ0v) is 14.3.